The zero-order chi connectivity index (χ0) is 24.9. The molecule has 0 N–H and O–H groups in total. The molecular formula is C31H22BrClO2S. The van der Waals surface area contributed by atoms with Crippen molar-refractivity contribution in [1.29, 1.82) is 0 Å². The smallest absolute Gasteiger partial charge is 0.135 e. The van der Waals surface area contributed by atoms with Crippen molar-refractivity contribution in [2.75, 3.05) is 5.94 Å². The van der Waals surface area contributed by atoms with E-state index in [9.17, 15) is 0 Å². The van der Waals surface area contributed by atoms with E-state index < -0.39 is 0 Å². The van der Waals surface area contributed by atoms with Crippen molar-refractivity contribution >= 4 is 40.2 Å². The van der Waals surface area contributed by atoms with Crippen molar-refractivity contribution in [2.45, 2.75) is 0 Å². The SMILES string of the molecule is SCOc1cccc(-c2ccc(-c3ccc(-c4ccccc4Cl)cc3Br)cc2Oc2ccccc2)c1. The van der Waals surface area contributed by atoms with Crippen LogP contribution in [0.5, 0.6) is 17.2 Å². The first-order valence-corrected chi connectivity index (χ1v) is 13.2. The van der Waals surface area contributed by atoms with Gasteiger partial charge in [0, 0.05) is 20.6 Å². The molecular weight excluding hydrogens is 552 g/mol. The Balaban J connectivity index is 1.57. The van der Waals surface area contributed by atoms with Crippen LogP contribution in [0, 0.1) is 0 Å². The van der Waals surface area contributed by atoms with Crippen molar-refractivity contribution in [3.05, 3.63) is 125 Å². The van der Waals surface area contributed by atoms with E-state index >= 15 is 0 Å². The summed E-state index contributed by atoms with van der Waals surface area (Å²) in [6, 6.07) is 38.1. The summed E-state index contributed by atoms with van der Waals surface area (Å²) in [5, 5.41) is 0.726. The third-order valence-corrected chi connectivity index (χ3v) is 6.91. The van der Waals surface area contributed by atoms with E-state index in [0.717, 1.165) is 60.1 Å². The highest BCUT2D eigenvalue weighted by atomic mass is 79.9. The van der Waals surface area contributed by atoms with Gasteiger partial charge < -0.3 is 9.47 Å². The molecule has 178 valence electrons. The average molecular weight is 574 g/mol. The maximum atomic E-state index is 6.43. The zero-order valence-electron chi connectivity index (χ0n) is 19.2. The number of ether oxygens (including phenoxy) is 2. The quantitative estimate of drug-likeness (QED) is 0.154. The van der Waals surface area contributed by atoms with Crippen molar-refractivity contribution in [3.8, 4) is 50.6 Å². The molecule has 0 aliphatic heterocycles. The molecule has 0 bridgehead atoms. The average Bonchev–Trinajstić information content (AvgIpc) is 2.90. The highest BCUT2D eigenvalue weighted by molar-refractivity contribution is 9.10. The van der Waals surface area contributed by atoms with E-state index in [2.05, 4.69) is 65.0 Å². The van der Waals surface area contributed by atoms with Crippen LogP contribution in [0.4, 0.5) is 0 Å². The fourth-order valence-corrected chi connectivity index (χ4v) is 5.07. The standard InChI is InChI=1S/C31H22BrClO2S/c32-29-18-22(27-11-4-5-12-30(27)33)13-15-26(29)23-14-16-28(21-7-6-10-25(17-21)34-20-36)31(19-23)35-24-8-2-1-3-9-24/h1-19,36H,20H2. The molecule has 5 aromatic rings. The van der Waals surface area contributed by atoms with Gasteiger partial charge in [0.1, 0.15) is 23.2 Å². The largest absolute Gasteiger partial charge is 0.483 e. The Morgan fingerprint density at radius 2 is 1.28 bits per heavy atom. The molecule has 5 heteroatoms. The normalized spacial score (nSPS) is 10.8. The topological polar surface area (TPSA) is 18.5 Å². The van der Waals surface area contributed by atoms with Crippen LogP contribution in [0.15, 0.2) is 120 Å². The van der Waals surface area contributed by atoms with Crippen molar-refractivity contribution in [1.82, 2.24) is 0 Å². The van der Waals surface area contributed by atoms with Crippen molar-refractivity contribution in [2.24, 2.45) is 0 Å². The molecule has 0 heterocycles. The number of hydrogen-bond acceptors (Lipinski definition) is 3. The van der Waals surface area contributed by atoms with Crippen molar-refractivity contribution < 1.29 is 9.47 Å². The monoisotopic (exact) mass is 572 g/mol. The fraction of sp³-hybridized carbons (Fsp3) is 0.0323. The molecule has 5 aromatic carbocycles. The van der Waals surface area contributed by atoms with Crippen LogP contribution in [0.25, 0.3) is 33.4 Å². The minimum absolute atomic E-state index is 0.313. The summed E-state index contributed by atoms with van der Waals surface area (Å²) in [5.41, 5.74) is 6.11. The van der Waals surface area contributed by atoms with E-state index in [-0.39, 0.29) is 0 Å². The number of benzene rings is 5. The molecule has 0 aliphatic rings. The molecule has 0 amide bonds. The van der Waals surface area contributed by atoms with Gasteiger partial charge in [-0.1, -0.05) is 100 Å². The first-order valence-electron chi connectivity index (χ1n) is 11.4. The Morgan fingerprint density at radius 3 is 2.03 bits per heavy atom. The van der Waals surface area contributed by atoms with Gasteiger partial charge in [-0.2, -0.15) is 0 Å². The van der Waals surface area contributed by atoms with Crippen LogP contribution < -0.4 is 9.47 Å². The summed E-state index contributed by atoms with van der Waals surface area (Å²) in [7, 11) is 0. The highest BCUT2D eigenvalue weighted by Crippen LogP contribution is 2.41. The molecule has 0 aliphatic carbocycles. The molecule has 0 fully saturated rings. The van der Waals surface area contributed by atoms with E-state index in [1.165, 1.54) is 0 Å². The first kappa shape index (κ1) is 24.5. The maximum Gasteiger partial charge on any atom is 0.135 e. The van der Waals surface area contributed by atoms with Gasteiger partial charge in [-0.25, -0.2) is 0 Å². The molecule has 0 unspecified atom stereocenters. The van der Waals surface area contributed by atoms with Gasteiger partial charge in [0.15, 0.2) is 0 Å². The molecule has 5 rings (SSSR count). The molecule has 0 aromatic heterocycles. The van der Waals surface area contributed by atoms with Crippen LogP contribution in [0.1, 0.15) is 0 Å². The lowest BCUT2D eigenvalue weighted by Crippen LogP contribution is -1.92. The first-order chi connectivity index (χ1) is 17.6. The third kappa shape index (κ3) is 5.46. The van der Waals surface area contributed by atoms with Gasteiger partial charge >= 0.3 is 0 Å². The lowest BCUT2D eigenvalue weighted by molar-refractivity contribution is 0.395. The van der Waals surface area contributed by atoms with Gasteiger partial charge in [0.05, 0.1) is 0 Å². The maximum absolute atomic E-state index is 6.43. The lowest BCUT2D eigenvalue weighted by atomic mass is 9.97. The van der Waals surface area contributed by atoms with E-state index in [0.29, 0.717) is 5.94 Å². The van der Waals surface area contributed by atoms with Crippen LogP contribution in [0.3, 0.4) is 0 Å². The minimum atomic E-state index is 0.313. The van der Waals surface area contributed by atoms with E-state index in [4.69, 9.17) is 21.1 Å². The van der Waals surface area contributed by atoms with Crippen LogP contribution in [-0.2, 0) is 0 Å². The van der Waals surface area contributed by atoms with Gasteiger partial charge in [-0.15, -0.1) is 12.6 Å². The Kier molecular flexibility index (Phi) is 7.66. The van der Waals surface area contributed by atoms with Crippen LogP contribution >= 0.6 is 40.2 Å². The number of thiol groups is 1. The van der Waals surface area contributed by atoms with Crippen LogP contribution in [0.2, 0.25) is 5.02 Å². The number of rotatable bonds is 7. The number of halogens is 2. The van der Waals surface area contributed by atoms with Crippen molar-refractivity contribution in [3.63, 3.8) is 0 Å². The predicted molar refractivity (Wildman–Crippen MR) is 156 cm³/mol. The van der Waals surface area contributed by atoms with Gasteiger partial charge in [-0.3, -0.25) is 0 Å². The highest BCUT2D eigenvalue weighted by Gasteiger charge is 2.14. The summed E-state index contributed by atoms with van der Waals surface area (Å²) in [5.74, 6) is 2.60. The molecule has 0 saturated carbocycles. The minimum Gasteiger partial charge on any atom is -0.483 e. The third-order valence-electron chi connectivity index (χ3n) is 5.79. The van der Waals surface area contributed by atoms with Gasteiger partial charge in [0.25, 0.3) is 0 Å². The Hall–Kier alpha value is -3.18. The molecule has 0 spiro atoms. The number of para-hydroxylation sites is 1. The second-order valence-electron chi connectivity index (χ2n) is 8.10. The predicted octanol–water partition coefficient (Wildman–Crippen LogP) is 10.2. The second kappa shape index (κ2) is 11.3. The molecule has 0 saturated heterocycles. The Bertz CT molecular complexity index is 1500. The Morgan fingerprint density at radius 1 is 0.611 bits per heavy atom. The summed E-state index contributed by atoms with van der Waals surface area (Å²) in [4.78, 5) is 0. The van der Waals surface area contributed by atoms with Crippen LogP contribution in [-0.4, -0.2) is 5.94 Å². The molecule has 0 radical (unpaired) electrons. The molecule has 0 atom stereocenters. The summed E-state index contributed by atoms with van der Waals surface area (Å²) in [6.45, 7) is 0. The summed E-state index contributed by atoms with van der Waals surface area (Å²) >= 11 is 14.4. The second-order valence-corrected chi connectivity index (χ2v) is 9.62. The molecule has 2 nitrogen and oxygen atoms in total. The zero-order valence-corrected chi connectivity index (χ0v) is 22.4. The molecule has 36 heavy (non-hydrogen) atoms. The van der Waals surface area contributed by atoms with Gasteiger partial charge in [0.2, 0.25) is 0 Å². The number of hydrogen-bond donors (Lipinski definition) is 1. The summed E-state index contributed by atoms with van der Waals surface area (Å²) < 4.78 is 13.0. The lowest BCUT2D eigenvalue weighted by Gasteiger charge is -2.15. The van der Waals surface area contributed by atoms with Gasteiger partial charge in [-0.05, 0) is 64.7 Å². The van der Waals surface area contributed by atoms with E-state index in [1.807, 2.05) is 78.9 Å². The summed E-state index contributed by atoms with van der Waals surface area (Å²) in [6.07, 6.45) is 0. The Labute approximate surface area is 230 Å². The van der Waals surface area contributed by atoms with E-state index in [1.54, 1.807) is 0 Å². The fourth-order valence-electron chi connectivity index (χ4n) is 4.07.